The lowest BCUT2D eigenvalue weighted by Crippen LogP contribution is -2.04. The van der Waals surface area contributed by atoms with E-state index in [-0.39, 0.29) is 0 Å². The Balaban J connectivity index is 0.000000188. The van der Waals surface area contributed by atoms with E-state index >= 15 is 0 Å². The van der Waals surface area contributed by atoms with Gasteiger partial charge in [-0.15, -0.1) is 0 Å². The quantitative estimate of drug-likeness (QED) is 0.728. The maximum Gasteiger partial charge on any atom is 0.150 e. The summed E-state index contributed by atoms with van der Waals surface area (Å²) in [5.74, 6) is 0.569. The number of carbonyl (C=O) groups excluding carboxylic acids is 1. The summed E-state index contributed by atoms with van der Waals surface area (Å²) in [7, 11) is 1.94. The molecule has 0 radical (unpaired) electrons. The number of nitrogens with two attached hydrogens (primary N) is 1. The Bertz CT molecular complexity index is 742. The fraction of sp³-hybridized carbons (Fsp3) is 0.111. The van der Waals surface area contributed by atoms with Crippen LogP contribution in [0.1, 0.15) is 15.9 Å². The number of rotatable bonds is 3. The Hall–Kier alpha value is -2.72. The van der Waals surface area contributed by atoms with Crippen LogP contribution in [-0.4, -0.2) is 18.3 Å². The third-order valence-corrected chi connectivity index (χ3v) is 3.12. The van der Waals surface area contributed by atoms with Crippen LogP contribution in [0.2, 0.25) is 0 Å². The van der Waals surface area contributed by atoms with Crippen molar-refractivity contribution in [2.24, 2.45) is 0 Å². The molecular weight excluding hydrogens is 274 g/mol. The number of benzene rings is 2. The second-order valence-electron chi connectivity index (χ2n) is 4.85. The zero-order valence-electron chi connectivity index (χ0n) is 12.5. The van der Waals surface area contributed by atoms with Gasteiger partial charge in [-0.25, -0.2) is 4.98 Å². The third kappa shape index (κ3) is 4.40. The number of anilines is 1. The molecule has 0 aliphatic rings. The number of nitrogen functional groups attached to an aromatic ring is 1. The molecule has 0 fully saturated rings. The second-order valence-corrected chi connectivity index (χ2v) is 4.85. The standard InChI is InChI=1S/C11H13N3.C7H6O/c1-13-6-8-2-3-9-7-14-11(12)5-10(9)4-8;8-6-7-4-2-1-3-5-7/h2-5,7,13H,6H2,1H3,(H2,12,14);1-6H. The highest BCUT2D eigenvalue weighted by atomic mass is 16.1. The number of aromatic nitrogens is 1. The van der Waals surface area contributed by atoms with E-state index in [1.807, 2.05) is 31.3 Å². The van der Waals surface area contributed by atoms with Crippen molar-refractivity contribution >= 4 is 22.9 Å². The summed E-state index contributed by atoms with van der Waals surface area (Å²) in [6, 6.07) is 17.3. The Kier molecular flexibility index (Phi) is 5.63. The van der Waals surface area contributed by atoms with Gasteiger partial charge < -0.3 is 11.1 Å². The van der Waals surface area contributed by atoms with Gasteiger partial charge >= 0.3 is 0 Å². The van der Waals surface area contributed by atoms with Gasteiger partial charge in [0.2, 0.25) is 0 Å². The molecule has 112 valence electrons. The van der Waals surface area contributed by atoms with E-state index in [2.05, 4.69) is 28.5 Å². The topological polar surface area (TPSA) is 68.0 Å². The first kappa shape index (κ1) is 15.7. The molecule has 0 saturated heterocycles. The Morgan fingerprint density at radius 2 is 1.86 bits per heavy atom. The molecule has 4 nitrogen and oxygen atoms in total. The summed E-state index contributed by atoms with van der Waals surface area (Å²) in [6.07, 6.45) is 2.63. The van der Waals surface area contributed by atoms with E-state index in [0.29, 0.717) is 5.82 Å². The highest BCUT2D eigenvalue weighted by Crippen LogP contribution is 2.16. The number of nitrogens with zero attached hydrogens (tertiary/aromatic N) is 1. The highest BCUT2D eigenvalue weighted by Gasteiger charge is 1.97. The van der Waals surface area contributed by atoms with Gasteiger partial charge in [0, 0.05) is 23.7 Å². The Morgan fingerprint density at radius 3 is 2.50 bits per heavy atom. The molecule has 0 amide bonds. The molecule has 3 N–H and O–H groups in total. The van der Waals surface area contributed by atoms with Crippen LogP contribution in [0.3, 0.4) is 0 Å². The SMILES string of the molecule is CNCc1ccc2cnc(N)cc2c1.O=Cc1ccccc1. The van der Waals surface area contributed by atoms with Gasteiger partial charge in [0.15, 0.2) is 0 Å². The van der Waals surface area contributed by atoms with Crippen molar-refractivity contribution in [2.45, 2.75) is 6.54 Å². The third-order valence-electron chi connectivity index (χ3n) is 3.12. The highest BCUT2D eigenvalue weighted by molar-refractivity contribution is 5.84. The lowest BCUT2D eigenvalue weighted by molar-refractivity contribution is 0.112. The van der Waals surface area contributed by atoms with Crippen LogP contribution in [0, 0.1) is 0 Å². The largest absolute Gasteiger partial charge is 0.384 e. The number of fused-ring (bicyclic) bond motifs is 1. The molecule has 4 heteroatoms. The number of aldehydes is 1. The van der Waals surface area contributed by atoms with Crippen LogP contribution in [0.15, 0.2) is 60.8 Å². The van der Waals surface area contributed by atoms with Crippen molar-refractivity contribution in [3.05, 3.63) is 71.9 Å². The summed E-state index contributed by atoms with van der Waals surface area (Å²) in [6.45, 7) is 0.873. The minimum absolute atomic E-state index is 0.569. The zero-order chi connectivity index (χ0) is 15.8. The molecule has 2 aromatic carbocycles. The first-order valence-electron chi connectivity index (χ1n) is 7.02. The number of hydrogen-bond acceptors (Lipinski definition) is 4. The molecule has 3 rings (SSSR count). The minimum Gasteiger partial charge on any atom is -0.384 e. The molecule has 3 aromatic rings. The van der Waals surface area contributed by atoms with Gasteiger partial charge in [0.1, 0.15) is 12.1 Å². The summed E-state index contributed by atoms with van der Waals surface area (Å²) >= 11 is 0. The Morgan fingerprint density at radius 1 is 1.09 bits per heavy atom. The maximum atomic E-state index is 10.0. The first-order chi connectivity index (χ1) is 10.7. The molecule has 0 aliphatic carbocycles. The van der Waals surface area contributed by atoms with Crippen molar-refractivity contribution < 1.29 is 4.79 Å². The van der Waals surface area contributed by atoms with Crippen LogP contribution in [-0.2, 0) is 6.54 Å². The fourth-order valence-corrected chi connectivity index (χ4v) is 2.05. The Labute approximate surface area is 130 Å². The second kappa shape index (κ2) is 7.90. The van der Waals surface area contributed by atoms with Crippen molar-refractivity contribution in [1.82, 2.24) is 10.3 Å². The average molecular weight is 293 g/mol. The molecule has 22 heavy (non-hydrogen) atoms. The summed E-state index contributed by atoms with van der Waals surface area (Å²) < 4.78 is 0. The summed E-state index contributed by atoms with van der Waals surface area (Å²) in [5.41, 5.74) is 7.61. The van der Waals surface area contributed by atoms with Gasteiger partial charge in [-0.2, -0.15) is 0 Å². The van der Waals surface area contributed by atoms with Gasteiger partial charge in [-0.1, -0.05) is 42.5 Å². The van der Waals surface area contributed by atoms with E-state index in [9.17, 15) is 4.79 Å². The van der Waals surface area contributed by atoms with Crippen LogP contribution >= 0.6 is 0 Å². The number of nitrogens with one attached hydrogen (secondary N) is 1. The average Bonchev–Trinajstić information content (AvgIpc) is 2.56. The van der Waals surface area contributed by atoms with E-state index in [1.54, 1.807) is 18.3 Å². The van der Waals surface area contributed by atoms with Crippen molar-refractivity contribution in [1.29, 1.82) is 0 Å². The van der Waals surface area contributed by atoms with Crippen LogP contribution in [0.25, 0.3) is 10.8 Å². The van der Waals surface area contributed by atoms with Gasteiger partial charge in [0.25, 0.3) is 0 Å². The minimum atomic E-state index is 0.569. The first-order valence-corrected chi connectivity index (χ1v) is 7.02. The monoisotopic (exact) mass is 293 g/mol. The van der Waals surface area contributed by atoms with Gasteiger partial charge in [-0.3, -0.25) is 4.79 Å². The molecular formula is C18H19N3O. The van der Waals surface area contributed by atoms with Crippen LogP contribution in [0.5, 0.6) is 0 Å². The van der Waals surface area contributed by atoms with Gasteiger partial charge in [0.05, 0.1) is 0 Å². The normalized spacial score (nSPS) is 9.86. The lowest BCUT2D eigenvalue weighted by Gasteiger charge is -2.03. The molecule has 0 atom stereocenters. The summed E-state index contributed by atoms with van der Waals surface area (Å²) in [5, 5.41) is 5.38. The number of carbonyl (C=O) groups is 1. The van der Waals surface area contributed by atoms with E-state index in [0.717, 1.165) is 29.2 Å². The molecule has 1 aromatic heterocycles. The molecule has 0 saturated carbocycles. The van der Waals surface area contributed by atoms with Crippen molar-refractivity contribution in [2.75, 3.05) is 12.8 Å². The maximum absolute atomic E-state index is 10.0. The smallest absolute Gasteiger partial charge is 0.150 e. The number of pyridine rings is 1. The van der Waals surface area contributed by atoms with Crippen molar-refractivity contribution in [3.8, 4) is 0 Å². The van der Waals surface area contributed by atoms with E-state index < -0.39 is 0 Å². The van der Waals surface area contributed by atoms with Crippen molar-refractivity contribution in [3.63, 3.8) is 0 Å². The molecule has 0 spiro atoms. The predicted octanol–water partition coefficient (Wildman–Crippen LogP) is 3.04. The molecule has 0 bridgehead atoms. The lowest BCUT2D eigenvalue weighted by atomic mass is 10.1. The van der Waals surface area contributed by atoms with E-state index in [1.165, 1.54) is 5.56 Å². The van der Waals surface area contributed by atoms with Gasteiger partial charge in [-0.05, 0) is 30.1 Å². The number of hydrogen-bond donors (Lipinski definition) is 2. The van der Waals surface area contributed by atoms with E-state index in [4.69, 9.17) is 5.73 Å². The summed E-state index contributed by atoms with van der Waals surface area (Å²) in [4.78, 5) is 14.1. The molecule has 0 aliphatic heterocycles. The molecule has 1 heterocycles. The zero-order valence-corrected chi connectivity index (χ0v) is 12.5. The molecule has 0 unspecified atom stereocenters. The fourth-order valence-electron chi connectivity index (χ4n) is 2.05. The van der Waals surface area contributed by atoms with Crippen LogP contribution < -0.4 is 11.1 Å². The predicted molar refractivity (Wildman–Crippen MR) is 90.7 cm³/mol. The van der Waals surface area contributed by atoms with Crippen LogP contribution in [0.4, 0.5) is 5.82 Å².